The smallest absolute Gasteiger partial charge is 0.303 e. The first-order chi connectivity index (χ1) is 11.1. The highest BCUT2D eigenvalue weighted by atomic mass is 16.5. The summed E-state index contributed by atoms with van der Waals surface area (Å²) in [4.78, 5) is 35.4. The van der Waals surface area contributed by atoms with Gasteiger partial charge in [0.25, 0.3) is 0 Å². The van der Waals surface area contributed by atoms with Gasteiger partial charge in [-0.25, -0.2) is 0 Å². The van der Waals surface area contributed by atoms with Crippen LogP contribution in [-0.2, 0) is 23.9 Å². The molecule has 6 atom stereocenters. The van der Waals surface area contributed by atoms with Crippen LogP contribution in [0.1, 0.15) is 47.5 Å². The number of carbonyl (C=O) groups is 3. The zero-order valence-electron chi connectivity index (χ0n) is 15.2. The molecule has 24 heavy (non-hydrogen) atoms. The van der Waals surface area contributed by atoms with Crippen LogP contribution < -0.4 is 0 Å². The molecule has 2 aliphatic carbocycles. The number of esters is 2. The van der Waals surface area contributed by atoms with Crippen molar-refractivity contribution >= 4 is 17.7 Å². The van der Waals surface area contributed by atoms with Crippen LogP contribution in [-0.4, -0.2) is 29.9 Å². The van der Waals surface area contributed by atoms with Crippen LogP contribution in [0.15, 0.2) is 12.2 Å². The minimum atomic E-state index is -0.440. The van der Waals surface area contributed by atoms with Gasteiger partial charge in [0, 0.05) is 20.3 Å². The summed E-state index contributed by atoms with van der Waals surface area (Å²) in [5, 5.41) is 0. The highest BCUT2D eigenvalue weighted by Gasteiger charge is 2.54. The lowest BCUT2D eigenvalue weighted by atomic mass is 9.63. The van der Waals surface area contributed by atoms with Gasteiger partial charge in [0.05, 0.1) is 5.92 Å². The average molecular weight is 336 g/mol. The molecule has 0 heterocycles. The van der Waals surface area contributed by atoms with E-state index >= 15 is 0 Å². The Balaban J connectivity index is 2.32. The number of fused-ring (bicyclic) bond motifs is 1. The van der Waals surface area contributed by atoms with Gasteiger partial charge in [-0.1, -0.05) is 20.4 Å². The summed E-state index contributed by atoms with van der Waals surface area (Å²) >= 11 is 0. The third-order valence-corrected chi connectivity index (χ3v) is 5.56. The van der Waals surface area contributed by atoms with E-state index < -0.39 is 6.10 Å². The Morgan fingerprint density at radius 3 is 2.29 bits per heavy atom. The molecule has 2 saturated carbocycles. The molecule has 0 spiro atoms. The second-order valence-electron chi connectivity index (χ2n) is 7.51. The molecule has 0 bridgehead atoms. The number of hydrogen-bond acceptors (Lipinski definition) is 5. The van der Waals surface area contributed by atoms with Gasteiger partial charge >= 0.3 is 11.9 Å². The minimum Gasteiger partial charge on any atom is -0.462 e. The third-order valence-electron chi connectivity index (χ3n) is 5.56. The fourth-order valence-electron chi connectivity index (χ4n) is 4.64. The first-order valence-electron chi connectivity index (χ1n) is 8.69. The summed E-state index contributed by atoms with van der Waals surface area (Å²) in [5.41, 5.74) is 0.831. The van der Waals surface area contributed by atoms with Crippen LogP contribution in [0, 0.1) is 29.6 Å². The quantitative estimate of drug-likeness (QED) is 0.583. The van der Waals surface area contributed by atoms with Gasteiger partial charge < -0.3 is 9.47 Å². The zero-order valence-corrected chi connectivity index (χ0v) is 15.2. The van der Waals surface area contributed by atoms with E-state index in [0.717, 1.165) is 5.57 Å². The zero-order chi connectivity index (χ0) is 18.2. The van der Waals surface area contributed by atoms with Crippen molar-refractivity contribution in [2.24, 2.45) is 29.6 Å². The molecule has 0 amide bonds. The molecule has 2 fully saturated rings. The monoisotopic (exact) mass is 336 g/mol. The molecule has 0 N–H and O–H groups in total. The standard InChI is InChI=1S/C19H28O5/c1-9(2)14-8-17(24-13(6)21)10(3)15-7-16(22)18(19(14)15)11(4)23-12(5)20/h9,11,14-15,17-19H,3,7-8H2,1-2,4-6H3. The van der Waals surface area contributed by atoms with Gasteiger partial charge in [-0.2, -0.15) is 0 Å². The summed E-state index contributed by atoms with van der Waals surface area (Å²) < 4.78 is 10.8. The van der Waals surface area contributed by atoms with Crippen LogP contribution >= 0.6 is 0 Å². The molecule has 0 radical (unpaired) electrons. The Labute approximate surface area is 143 Å². The van der Waals surface area contributed by atoms with Crippen LogP contribution in [0.2, 0.25) is 0 Å². The lowest BCUT2D eigenvalue weighted by Crippen LogP contribution is -2.44. The summed E-state index contributed by atoms with van der Waals surface area (Å²) in [5.74, 6) is -0.239. The van der Waals surface area contributed by atoms with Gasteiger partial charge in [0.15, 0.2) is 0 Å². The molecule has 0 aromatic rings. The van der Waals surface area contributed by atoms with Crippen molar-refractivity contribution in [2.75, 3.05) is 0 Å². The molecular formula is C19H28O5. The predicted molar refractivity (Wildman–Crippen MR) is 89.0 cm³/mol. The molecule has 0 aliphatic heterocycles. The molecule has 2 aliphatic rings. The SMILES string of the molecule is C=C1C(OC(C)=O)CC(C(C)C)C2C1CC(=O)C2C(C)OC(C)=O. The molecule has 5 heteroatoms. The minimum absolute atomic E-state index is 0.00833. The van der Waals surface area contributed by atoms with Crippen LogP contribution in [0.25, 0.3) is 0 Å². The number of Topliss-reactive ketones (excluding diaryl/α,β-unsaturated/α-hetero) is 1. The first-order valence-corrected chi connectivity index (χ1v) is 8.69. The Bertz CT molecular complexity index is 550. The fraction of sp³-hybridized carbons (Fsp3) is 0.737. The van der Waals surface area contributed by atoms with E-state index in [1.807, 2.05) is 0 Å². The van der Waals surface area contributed by atoms with E-state index in [-0.39, 0.29) is 47.5 Å². The second-order valence-corrected chi connectivity index (χ2v) is 7.51. The van der Waals surface area contributed by atoms with E-state index in [1.165, 1.54) is 13.8 Å². The largest absolute Gasteiger partial charge is 0.462 e. The molecule has 0 aromatic heterocycles. The normalized spacial score (nSPS) is 34.0. The van der Waals surface area contributed by atoms with Crippen molar-refractivity contribution in [3.63, 3.8) is 0 Å². The molecule has 2 rings (SSSR count). The lowest BCUT2D eigenvalue weighted by molar-refractivity contribution is -0.154. The molecule has 6 unspecified atom stereocenters. The molecule has 0 saturated heterocycles. The number of carbonyl (C=O) groups excluding carboxylic acids is 3. The van der Waals surface area contributed by atoms with Crippen molar-refractivity contribution in [1.82, 2.24) is 0 Å². The number of rotatable bonds is 4. The van der Waals surface area contributed by atoms with Gasteiger partial charge in [-0.3, -0.25) is 14.4 Å². The van der Waals surface area contributed by atoms with Crippen molar-refractivity contribution < 1.29 is 23.9 Å². The predicted octanol–water partition coefficient (Wildman–Crippen LogP) is 2.92. The number of ketones is 1. The van der Waals surface area contributed by atoms with E-state index in [1.54, 1.807) is 6.92 Å². The van der Waals surface area contributed by atoms with Crippen LogP contribution in [0.3, 0.4) is 0 Å². The summed E-state index contributed by atoms with van der Waals surface area (Å²) in [7, 11) is 0. The maximum atomic E-state index is 12.7. The maximum Gasteiger partial charge on any atom is 0.303 e. The Hall–Kier alpha value is -1.65. The lowest BCUT2D eigenvalue weighted by Gasteiger charge is -2.44. The molecular weight excluding hydrogens is 308 g/mol. The third kappa shape index (κ3) is 3.55. The van der Waals surface area contributed by atoms with E-state index in [4.69, 9.17) is 9.47 Å². The van der Waals surface area contributed by atoms with Crippen LogP contribution in [0.5, 0.6) is 0 Å². The number of ether oxygens (including phenoxy) is 2. The second kappa shape index (κ2) is 7.08. The summed E-state index contributed by atoms with van der Waals surface area (Å²) in [6.45, 7) is 12.9. The first kappa shape index (κ1) is 18.7. The van der Waals surface area contributed by atoms with E-state index in [9.17, 15) is 14.4 Å². The van der Waals surface area contributed by atoms with Gasteiger partial charge in [-0.05, 0) is 42.6 Å². The molecule has 5 nitrogen and oxygen atoms in total. The summed E-state index contributed by atoms with van der Waals surface area (Å²) in [6, 6.07) is 0. The maximum absolute atomic E-state index is 12.7. The molecule has 134 valence electrons. The van der Waals surface area contributed by atoms with Gasteiger partial charge in [0.1, 0.15) is 18.0 Å². The number of hydrogen-bond donors (Lipinski definition) is 0. The van der Waals surface area contributed by atoms with Crippen molar-refractivity contribution in [3.8, 4) is 0 Å². The Kier molecular flexibility index (Phi) is 5.51. The van der Waals surface area contributed by atoms with Gasteiger partial charge in [-0.15, -0.1) is 0 Å². The van der Waals surface area contributed by atoms with Crippen molar-refractivity contribution in [2.45, 2.75) is 59.7 Å². The summed E-state index contributed by atoms with van der Waals surface area (Å²) in [6.07, 6.45) is 0.297. The highest BCUT2D eigenvalue weighted by Crippen LogP contribution is 2.53. The van der Waals surface area contributed by atoms with Crippen molar-refractivity contribution in [3.05, 3.63) is 12.2 Å². The Morgan fingerprint density at radius 1 is 1.17 bits per heavy atom. The highest BCUT2D eigenvalue weighted by molar-refractivity contribution is 5.85. The molecule has 0 aromatic carbocycles. The fourth-order valence-corrected chi connectivity index (χ4v) is 4.64. The van der Waals surface area contributed by atoms with Crippen LogP contribution in [0.4, 0.5) is 0 Å². The van der Waals surface area contributed by atoms with Gasteiger partial charge in [0.2, 0.25) is 0 Å². The van der Waals surface area contributed by atoms with E-state index in [2.05, 4.69) is 20.4 Å². The topological polar surface area (TPSA) is 69.7 Å². The van der Waals surface area contributed by atoms with E-state index in [0.29, 0.717) is 18.8 Å². The average Bonchev–Trinajstić information content (AvgIpc) is 2.78. The Morgan fingerprint density at radius 2 is 1.79 bits per heavy atom. The van der Waals surface area contributed by atoms with Crippen molar-refractivity contribution in [1.29, 1.82) is 0 Å².